The predicted octanol–water partition coefficient (Wildman–Crippen LogP) is 4.60. The number of carbonyl (C=O) groups excluding carboxylic acids is 1. The lowest BCUT2D eigenvalue weighted by Gasteiger charge is -2.09. The number of nitrogens with one attached hydrogen (secondary N) is 1. The van der Waals surface area contributed by atoms with E-state index in [0.29, 0.717) is 20.8 Å². The molecule has 0 fully saturated rings. The number of hydrogen-bond donors (Lipinski definition) is 2. The lowest BCUT2D eigenvalue weighted by Crippen LogP contribution is -2.12. The van der Waals surface area contributed by atoms with Crippen LogP contribution in [0.25, 0.3) is 0 Å². The number of aromatic hydroxyl groups is 1. The maximum absolute atomic E-state index is 12.0. The highest BCUT2D eigenvalue weighted by Crippen LogP contribution is 2.27. The quantitative estimate of drug-likeness (QED) is 0.850. The number of anilines is 1. The van der Waals surface area contributed by atoms with E-state index in [9.17, 15) is 9.90 Å². The van der Waals surface area contributed by atoms with Crippen LogP contribution in [0.1, 0.15) is 10.4 Å². The van der Waals surface area contributed by atoms with Crippen molar-refractivity contribution >= 4 is 46.4 Å². The van der Waals surface area contributed by atoms with Crippen molar-refractivity contribution < 1.29 is 9.90 Å². The van der Waals surface area contributed by atoms with Crippen LogP contribution >= 0.6 is 34.8 Å². The first-order valence-corrected chi connectivity index (χ1v) is 6.35. The van der Waals surface area contributed by atoms with Gasteiger partial charge in [0.2, 0.25) is 0 Å². The molecule has 3 nitrogen and oxygen atoms in total. The minimum absolute atomic E-state index is 0.0588. The van der Waals surface area contributed by atoms with Crippen LogP contribution in [-0.4, -0.2) is 11.0 Å². The van der Waals surface area contributed by atoms with E-state index in [0.717, 1.165) is 0 Å². The van der Waals surface area contributed by atoms with Crippen LogP contribution in [0.3, 0.4) is 0 Å². The van der Waals surface area contributed by atoms with E-state index in [1.807, 2.05) is 0 Å². The molecule has 0 aromatic heterocycles. The van der Waals surface area contributed by atoms with Gasteiger partial charge in [0.25, 0.3) is 5.91 Å². The maximum Gasteiger partial charge on any atom is 0.259 e. The summed E-state index contributed by atoms with van der Waals surface area (Å²) in [6.07, 6.45) is 0. The molecular formula is C13H8Cl3NO2. The van der Waals surface area contributed by atoms with Crippen molar-refractivity contribution in [1.82, 2.24) is 0 Å². The number of rotatable bonds is 2. The summed E-state index contributed by atoms with van der Waals surface area (Å²) in [7, 11) is 0. The number of phenols is 1. The van der Waals surface area contributed by atoms with Gasteiger partial charge >= 0.3 is 0 Å². The first-order chi connectivity index (χ1) is 8.97. The monoisotopic (exact) mass is 315 g/mol. The zero-order valence-corrected chi connectivity index (χ0v) is 11.7. The number of benzene rings is 2. The molecule has 0 aliphatic rings. The van der Waals surface area contributed by atoms with E-state index < -0.39 is 5.91 Å². The molecule has 0 atom stereocenters. The number of hydrogen-bond acceptors (Lipinski definition) is 2. The van der Waals surface area contributed by atoms with Gasteiger partial charge in [-0.05, 0) is 36.4 Å². The normalized spacial score (nSPS) is 10.3. The topological polar surface area (TPSA) is 49.3 Å². The van der Waals surface area contributed by atoms with Crippen molar-refractivity contribution in [2.24, 2.45) is 0 Å². The summed E-state index contributed by atoms with van der Waals surface area (Å²) >= 11 is 17.5. The minimum atomic E-state index is -0.524. The van der Waals surface area contributed by atoms with Crippen molar-refractivity contribution in [1.29, 1.82) is 0 Å². The van der Waals surface area contributed by atoms with Gasteiger partial charge in [-0.15, -0.1) is 0 Å². The number of carbonyl (C=O) groups is 1. The van der Waals surface area contributed by atoms with Gasteiger partial charge in [-0.25, -0.2) is 0 Å². The van der Waals surface area contributed by atoms with E-state index in [4.69, 9.17) is 34.8 Å². The molecule has 0 saturated carbocycles. The molecule has 6 heteroatoms. The molecule has 98 valence electrons. The lowest BCUT2D eigenvalue weighted by molar-refractivity contribution is 0.102. The van der Waals surface area contributed by atoms with E-state index in [2.05, 4.69) is 5.32 Å². The van der Waals surface area contributed by atoms with Crippen molar-refractivity contribution in [3.8, 4) is 5.75 Å². The molecule has 2 rings (SSSR count). The second kappa shape index (κ2) is 5.70. The molecule has 0 unspecified atom stereocenters. The van der Waals surface area contributed by atoms with Crippen LogP contribution in [0.5, 0.6) is 5.75 Å². The van der Waals surface area contributed by atoms with Crippen molar-refractivity contribution in [3.63, 3.8) is 0 Å². The Hall–Kier alpha value is -1.42. The van der Waals surface area contributed by atoms with Crippen molar-refractivity contribution in [2.75, 3.05) is 5.32 Å². The fraction of sp³-hybridized carbons (Fsp3) is 0. The molecule has 2 aromatic carbocycles. The van der Waals surface area contributed by atoms with Gasteiger partial charge in [-0.1, -0.05) is 34.8 Å². The van der Waals surface area contributed by atoms with Crippen molar-refractivity contribution in [3.05, 3.63) is 57.0 Å². The fourth-order valence-electron chi connectivity index (χ4n) is 1.47. The van der Waals surface area contributed by atoms with Crippen molar-refractivity contribution in [2.45, 2.75) is 0 Å². The average Bonchev–Trinajstić information content (AvgIpc) is 2.36. The molecule has 0 aliphatic heterocycles. The summed E-state index contributed by atoms with van der Waals surface area (Å²) in [5.74, 6) is -0.691. The SMILES string of the molecule is O=C(Nc1cc(Cl)ccc1Cl)c1cc(Cl)ccc1O. The first kappa shape index (κ1) is 14.0. The number of halogens is 3. The molecule has 0 heterocycles. The third-order valence-electron chi connectivity index (χ3n) is 2.38. The van der Waals surface area contributed by atoms with Gasteiger partial charge in [-0.2, -0.15) is 0 Å². The molecule has 2 N–H and O–H groups in total. The van der Waals surface area contributed by atoms with Gasteiger partial charge in [0, 0.05) is 10.0 Å². The van der Waals surface area contributed by atoms with Gasteiger partial charge in [0.1, 0.15) is 5.75 Å². The first-order valence-electron chi connectivity index (χ1n) is 5.22. The van der Waals surface area contributed by atoms with Crippen LogP contribution in [0, 0.1) is 0 Å². The standard InChI is InChI=1S/C13H8Cl3NO2/c14-7-2-4-12(18)9(5-7)13(19)17-11-6-8(15)1-3-10(11)16/h1-6,18H,(H,17,19). The lowest BCUT2D eigenvalue weighted by atomic mass is 10.2. The van der Waals surface area contributed by atoms with Crippen LogP contribution in [0.4, 0.5) is 5.69 Å². The molecule has 0 bridgehead atoms. The molecule has 1 amide bonds. The Morgan fingerprint density at radius 2 is 1.63 bits per heavy atom. The number of amides is 1. The Labute approximate surface area is 124 Å². The molecule has 0 aliphatic carbocycles. The summed E-state index contributed by atoms with van der Waals surface area (Å²) in [6, 6.07) is 8.89. The Kier molecular flexibility index (Phi) is 4.20. The smallest absolute Gasteiger partial charge is 0.259 e. The summed E-state index contributed by atoms with van der Waals surface area (Å²) in [4.78, 5) is 12.0. The molecule has 2 aromatic rings. The highest BCUT2D eigenvalue weighted by molar-refractivity contribution is 6.36. The van der Waals surface area contributed by atoms with Crippen LogP contribution in [0.2, 0.25) is 15.1 Å². The maximum atomic E-state index is 12.0. The van der Waals surface area contributed by atoms with E-state index in [-0.39, 0.29) is 11.3 Å². The van der Waals surface area contributed by atoms with Crippen LogP contribution in [-0.2, 0) is 0 Å². The van der Waals surface area contributed by atoms with Gasteiger partial charge in [0.05, 0.1) is 16.3 Å². The zero-order valence-electron chi connectivity index (χ0n) is 9.45. The third kappa shape index (κ3) is 3.32. The molecule has 0 saturated heterocycles. The molecule has 0 spiro atoms. The molecular weight excluding hydrogens is 309 g/mol. The van der Waals surface area contributed by atoms with Gasteiger partial charge in [0.15, 0.2) is 0 Å². The second-order valence-corrected chi connectivity index (χ2v) is 5.02. The van der Waals surface area contributed by atoms with E-state index >= 15 is 0 Å². The van der Waals surface area contributed by atoms with Gasteiger partial charge < -0.3 is 10.4 Å². The molecule has 19 heavy (non-hydrogen) atoms. The highest BCUT2D eigenvalue weighted by Gasteiger charge is 2.13. The minimum Gasteiger partial charge on any atom is -0.507 e. The summed E-state index contributed by atoms with van der Waals surface area (Å²) in [6.45, 7) is 0. The largest absolute Gasteiger partial charge is 0.507 e. The highest BCUT2D eigenvalue weighted by atomic mass is 35.5. The Bertz CT molecular complexity index is 644. The average molecular weight is 317 g/mol. The third-order valence-corrected chi connectivity index (χ3v) is 3.18. The second-order valence-electron chi connectivity index (χ2n) is 3.74. The Morgan fingerprint density at radius 3 is 2.37 bits per heavy atom. The summed E-state index contributed by atoms with van der Waals surface area (Å²) in [5, 5.41) is 13.3. The van der Waals surface area contributed by atoms with Crippen LogP contribution < -0.4 is 5.32 Å². The number of phenolic OH excluding ortho intramolecular Hbond substituents is 1. The fourth-order valence-corrected chi connectivity index (χ4v) is 1.98. The summed E-state index contributed by atoms with van der Waals surface area (Å²) in [5.41, 5.74) is 0.419. The summed E-state index contributed by atoms with van der Waals surface area (Å²) < 4.78 is 0. The van der Waals surface area contributed by atoms with E-state index in [1.54, 1.807) is 12.1 Å². The Balaban J connectivity index is 2.30. The Morgan fingerprint density at radius 1 is 1.00 bits per heavy atom. The predicted molar refractivity (Wildman–Crippen MR) is 77.5 cm³/mol. The van der Waals surface area contributed by atoms with E-state index in [1.165, 1.54) is 24.3 Å². The zero-order chi connectivity index (χ0) is 14.0. The molecule has 0 radical (unpaired) electrons. The van der Waals surface area contributed by atoms with Crippen LogP contribution in [0.15, 0.2) is 36.4 Å². The van der Waals surface area contributed by atoms with Gasteiger partial charge in [-0.3, -0.25) is 4.79 Å².